The molecule has 0 unspecified atom stereocenters. The lowest BCUT2D eigenvalue weighted by atomic mass is 10.1. The Bertz CT molecular complexity index is 886. The van der Waals surface area contributed by atoms with E-state index in [1.165, 1.54) is 140 Å². The van der Waals surface area contributed by atoms with Crippen molar-refractivity contribution in [2.45, 2.75) is 142 Å². The van der Waals surface area contributed by atoms with Crippen LogP contribution in [0, 0.1) is 20.2 Å². The van der Waals surface area contributed by atoms with Gasteiger partial charge < -0.3 is 9.47 Å². The highest BCUT2D eigenvalue weighted by molar-refractivity contribution is 5.36. The highest BCUT2D eigenvalue weighted by Gasteiger charge is 2.05. The molecule has 0 atom stereocenters. The van der Waals surface area contributed by atoms with Crippen LogP contribution in [0.1, 0.15) is 142 Å². The molecule has 248 valence electrons. The molecule has 0 aliphatic rings. The number of benzene rings is 2. The van der Waals surface area contributed by atoms with Crippen LogP contribution >= 0.6 is 0 Å². The molecule has 0 aliphatic carbocycles. The molecule has 0 bridgehead atoms. The van der Waals surface area contributed by atoms with Crippen LogP contribution in [-0.2, 0) is 0 Å². The normalized spacial score (nSPS) is 10.6. The van der Waals surface area contributed by atoms with E-state index in [1.807, 2.05) is 0 Å². The van der Waals surface area contributed by atoms with Gasteiger partial charge in [-0.3, -0.25) is 20.2 Å². The maximum Gasteiger partial charge on any atom is 0.269 e. The Morgan fingerprint density at radius 1 is 0.432 bits per heavy atom. The van der Waals surface area contributed by atoms with Crippen molar-refractivity contribution in [3.63, 3.8) is 0 Å². The average Bonchev–Trinajstić information content (AvgIpc) is 3.03. The molecule has 0 saturated heterocycles. The summed E-state index contributed by atoms with van der Waals surface area (Å²) in [6.45, 7) is 5.88. The van der Waals surface area contributed by atoms with E-state index in [0.29, 0.717) is 24.7 Å². The molecule has 0 aromatic heterocycles. The Labute approximate surface area is 266 Å². The van der Waals surface area contributed by atoms with Gasteiger partial charge in [0.15, 0.2) is 0 Å². The van der Waals surface area contributed by atoms with Gasteiger partial charge in [-0.15, -0.1) is 0 Å². The lowest BCUT2D eigenvalue weighted by Crippen LogP contribution is -1.97. The molecule has 8 heteroatoms. The fourth-order valence-electron chi connectivity index (χ4n) is 4.89. The smallest absolute Gasteiger partial charge is 0.269 e. The summed E-state index contributed by atoms with van der Waals surface area (Å²) in [5.41, 5.74) is 0.206. The number of non-ortho nitro benzene ring substituents is 2. The van der Waals surface area contributed by atoms with Gasteiger partial charge in [0, 0.05) is 24.3 Å². The molecular weight excluding hydrogens is 556 g/mol. The molecule has 0 heterocycles. The average molecular weight is 615 g/mol. The zero-order valence-electron chi connectivity index (χ0n) is 27.5. The molecule has 2 aromatic carbocycles. The van der Waals surface area contributed by atoms with Crippen molar-refractivity contribution in [1.29, 1.82) is 0 Å². The Morgan fingerprint density at radius 3 is 0.932 bits per heavy atom. The maximum absolute atomic E-state index is 10.5. The third-order valence-electron chi connectivity index (χ3n) is 7.63. The second kappa shape index (κ2) is 27.4. The first-order chi connectivity index (χ1) is 21.5. The summed E-state index contributed by atoms with van der Waals surface area (Å²) in [4.78, 5) is 20.3. The second-order valence-electron chi connectivity index (χ2n) is 11.6. The Balaban J connectivity index is 0.000000440. The molecule has 0 amide bonds. The van der Waals surface area contributed by atoms with Gasteiger partial charge in [-0.25, -0.2) is 0 Å². The Kier molecular flexibility index (Phi) is 24.2. The number of rotatable bonds is 26. The van der Waals surface area contributed by atoms with Crippen LogP contribution in [0.2, 0.25) is 0 Å². The third-order valence-corrected chi connectivity index (χ3v) is 7.63. The SMILES string of the molecule is CCCCCCCCCCCCOc1ccc([N+](=O)[O-])cc1.CCCCCCCCCCCCOc1ccc([N+](=O)[O-])cc1. The van der Waals surface area contributed by atoms with Crippen molar-refractivity contribution >= 4 is 11.4 Å². The molecule has 0 radical (unpaired) electrons. The minimum absolute atomic E-state index is 0.103. The van der Waals surface area contributed by atoms with Crippen molar-refractivity contribution in [1.82, 2.24) is 0 Å². The van der Waals surface area contributed by atoms with Crippen molar-refractivity contribution in [3.8, 4) is 11.5 Å². The quantitative estimate of drug-likeness (QED) is 0.0593. The largest absolute Gasteiger partial charge is 0.494 e. The number of unbranched alkanes of at least 4 members (excludes halogenated alkanes) is 18. The van der Waals surface area contributed by atoms with E-state index in [2.05, 4.69) is 13.8 Å². The van der Waals surface area contributed by atoms with E-state index < -0.39 is 9.85 Å². The summed E-state index contributed by atoms with van der Waals surface area (Å²) in [7, 11) is 0. The first-order valence-corrected chi connectivity index (χ1v) is 17.2. The molecule has 0 N–H and O–H groups in total. The van der Waals surface area contributed by atoms with Crippen LogP contribution < -0.4 is 9.47 Å². The molecule has 0 aliphatic heterocycles. The van der Waals surface area contributed by atoms with Crippen LogP contribution in [-0.4, -0.2) is 23.1 Å². The minimum atomic E-state index is -0.397. The van der Waals surface area contributed by atoms with Crippen molar-refractivity contribution in [2.75, 3.05) is 13.2 Å². The minimum Gasteiger partial charge on any atom is -0.494 e. The number of hydrogen-bond acceptors (Lipinski definition) is 6. The van der Waals surface area contributed by atoms with E-state index in [-0.39, 0.29) is 11.4 Å². The van der Waals surface area contributed by atoms with Gasteiger partial charge >= 0.3 is 0 Å². The van der Waals surface area contributed by atoms with E-state index in [1.54, 1.807) is 24.3 Å². The van der Waals surface area contributed by atoms with Crippen LogP contribution in [0.4, 0.5) is 11.4 Å². The van der Waals surface area contributed by atoms with Gasteiger partial charge in [0.1, 0.15) is 11.5 Å². The summed E-state index contributed by atoms with van der Waals surface area (Å²) in [6, 6.07) is 12.6. The molecule has 8 nitrogen and oxygen atoms in total. The van der Waals surface area contributed by atoms with Crippen molar-refractivity contribution in [2.24, 2.45) is 0 Å². The van der Waals surface area contributed by atoms with E-state index >= 15 is 0 Å². The van der Waals surface area contributed by atoms with E-state index in [9.17, 15) is 20.2 Å². The van der Waals surface area contributed by atoms with Gasteiger partial charge in [-0.05, 0) is 37.1 Å². The summed E-state index contributed by atoms with van der Waals surface area (Å²) in [6.07, 6.45) is 26.1. The highest BCUT2D eigenvalue weighted by Crippen LogP contribution is 2.19. The number of nitro groups is 2. The van der Waals surface area contributed by atoms with Crippen molar-refractivity contribution < 1.29 is 19.3 Å². The second-order valence-corrected chi connectivity index (χ2v) is 11.6. The zero-order chi connectivity index (χ0) is 32.1. The monoisotopic (exact) mass is 614 g/mol. The Hall–Kier alpha value is -3.16. The number of nitro benzene ring substituents is 2. The molecule has 2 rings (SSSR count). The molecule has 0 spiro atoms. The van der Waals surface area contributed by atoms with Gasteiger partial charge in [0.2, 0.25) is 0 Å². The number of hydrogen-bond donors (Lipinski definition) is 0. The number of nitrogens with zero attached hydrogens (tertiary/aromatic N) is 2. The molecule has 44 heavy (non-hydrogen) atoms. The number of ether oxygens (including phenoxy) is 2. The molecular formula is C36H58N2O6. The van der Waals surface area contributed by atoms with Crippen molar-refractivity contribution in [3.05, 3.63) is 68.8 Å². The topological polar surface area (TPSA) is 105 Å². The summed E-state index contributed by atoms with van der Waals surface area (Å²) in [5.74, 6) is 1.42. The van der Waals surface area contributed by atoms with Crippen LogP contribution in [0.5, 0.6) is 11.5 Å². The fourth-order valence-corrected chi connectivity index (χ4v) is 4.89. The predicted octanol–water partition coefficient (Wildman–Crippen LogP) is 11.8. The van der Waals surface area contributed by atoms with Crippen LogP contribution in [0.3, 0.4) is 0 Å². The van der Waals surface area contributed by atoms with Crippen LogP contribution in [0.15, 0.2) is 48.5 Å². The predicted molar refractivity (Wildman–Crippen MR) is 181 cm³/mol. The van der Waals surface area contributed by atoms with E-state index in [0.717, 1.165) is 12.8 Å². The van der Waals surface area contributed by atoms with Gasteiger partial charge in [-0.1, -0.05) is 129 Å². The standard InChI is InChI=1S/2C18H29NO3/c2*1-2-3-4-5-6-7-8-9-10-11-16-22-18-14-12-17(13-15-18)19(20)21/h2*12-15H,2-11,16H2,1H3. The lowest BCUT2D eigenvalue weighted by molar-refractivity contribution is -0.385. The van der Waals surface area contributed by atoms with Gasteiger partial charge in [0.25, 0.3) is 11.4 Å². The molecule has 0 fully saturated rings. The first kappa shape index (κ1) is 38.9. The molecule has 0 saturated carbocycles. The molecule has 2 aromatic rings. The fraction of sp³-hybridized carbons (Fsp3) is 0.667. The summed E-state index contributed by atoms with van der Waals surface area (Å²) < 4.78 is 11.2. The van der Waals surface area contributed by atoms with Gasteiger partial charge in [-0.2, -0.15) is 0 Å². The summed E-state index contributed by atoms with van der Waals surface area (Å²) >= 11 is 0. The highest BCUT2D eigenvalue weighted by atomic mass is 16.6. The maximum atomic E-state index is 10.5. The third kappa shape index (κ3) is 21.5. The lowest BCUT2D eigenvalue weighted by Gasteiger charge is -2.06. The summed E-state index contributed by atoms with van der Waals surface area (Å²) in [5, 5.41) is 21.1. The Morgan fingerprint density at radius 2 is 0.682 bits per heavy atom. The van der Waals surface area contributed by atoms with E-state index in [4.69, 9.17) is 9.47 Å². The van der Waals surface area contributed by atoms with Crippen LogP contribution in [0.25, 0.3) is 0 Å². The first-order valence-electron chi connectivity index (χ1n) is 17.2. The van der Waals surface area contributed by atoms with Gasteiger partial charge in [0.05, 0.1) is 23.1 Å². The zero-order valence-corrected chi connectivity index (χ0v) is 27.5.